The van der Waals surface area contributed by atoms with Crippen LogP contribution in [-0.2, 0) is 11.3 Å². The van der Waals surface area contributed by atoms with Gasteiger partial charge in [0.1, 0.15) is 0 Å². The van der Waals surface area contributed by atoms with Crippen LogP contribution in [0, 0.1) is 0 Å². The molecule has 4 aromatic carbocycles. The molecule has 0 bridgehead atoms. The molecule has 0 unspecified atom stereocenters. The largest absolute Gasteiger partial charge is 0.377 e. The van der Waals surface area contributed by atoms with Gasteiger partial charge in [-0.1, -0.05) is 158 Å². The summed E-state index contributed by atoms with van der Waals surface area (Å²) in [6, 6.07) is 20.2. The molecule has 0 amide bonds. The van der Waals surface area contributed by atoms with E-state index < -0.39 is 0 Å². The highest BCUT2D eigenvalue weighted by atomic mass is 16.5. The van der Waals surface area contributed by atoms with E-state index in [9.17, 15) is 0 Å². The van der Waals surface area contributed by atoms with Crippen molar-refractivity contribution in [2.75, 3.05) is 6.61 Å². The quantitative estimate of drug-likeness (QED) is 0.0949. The summed E-state index contributed by atoms with van der Waals surface area (Å²) in [7, 11) is 0. The zero-order chi connectivity index (χ0) is 24.8. The molecule has 4 aromatic rings. The molecule has 0 saturated heterocycles. The first-order valence-electron chi connectivity index (χ1n) is 15.1. The van der Waals surface area contributed by atoms with Crippen molar-refractivity contribution < 1.29 is 4.74 Å². The predicted octanol–water partition coefficient (Wildman–Crippen LogP) is 11.4. The number of ether oxygens (including phenoxy) is 1. The van der Waals surface area contributed by atoms with Gasteiger partial charge in [0, 0.05) is 6.61 Å². The zero-order valence-electron chi connectivity index (χ0n) is 22.8. The van der Waals surface area contributed by atoms with Crippen molar-refractivity contribution in [2.45, 2.75) is 116 Å². The van der Waals surface area contributed by atoms with Crippen molar-refractivity contribution >= 4 is 32.3 Å². The van der Waals surface area contributed by atoms with Crippen LogP contribution in [0.2, 0.25) is 0 Å². The molecule has 0 aromatic heterocycles. The Balaban J connectivity index is 1.04. The van der Waals surface area contributed by atoms with Crippen LogP contribution in [0.1, 0.15) is 115 Å². The average molecular weight is 485 g/mol. The topological polar surface area (TPSA) is 9.23 Å². The van der Waals surface area contributed by atoms with E-state index in [1.54, 1.807) is 0 Å². The van der Waals surface area contributed by atoms with Gasteiger partial charge in [-0.2, -0.15) is 0 Å². The second-order valence-electron chi connectivity index (χ2n) is 10.9. The Morgan fingerprint density at radius 3 is 1.53 bits per heavy atom. The molecule has 1 heteroatoms. The van der Waals surface area contributed by atoms with Crippen LogP contribution >= 0.6 is 0 Å². The molecule has 194 valence electrons. The third-order valence-electron chi connectivity index (χ3n) is 8.02. The molecule has 0 aliphatic rings. The van der Waals surface area contributed by atoms with Gasteiger partial charge in [0.2, 0.25) is 0 Å². The summed E-state index contributed by atoms with van der Waals surface area (Å²) >= 11 is 0. The maximum absolute atomic E-state index is 6.13. The van der Waals surface area contributed by atoms with Gasteiger partial charge in [0.05, 0.1) is 6.61 Å². The van der Waals surface area contributed by atoms with Crippen molar-refractivity contribution in [1.29, 1.82) is 0 Å². The van der Waals surface area contributed by atoms with Crippen molar-refractivity contribution in [3.8, 4) is 0 Å². The second kappa shape index (κ2) is 15.2. The van der Waals surface area contributed by atoms with E-state index in [-0.39, 0.29) is 0 Å². The number of benzene rings is 4. The molecule has 0 saturated carbocycles. The minimum absolute atomic E-state index is 0.715. The lowest BCUT2D eigenvalue weighted by Crippen LogP contribution is -1.97. The maximum atomic E-state index is 6.13. The van der Waals surface area contributed by atoms with E-state index in [4.69, 9.17) is 4.74 Å². The van der Waals surface area contributed by atoms with E-state index in [0.29, 0.717) is 6.61 Å². The van der Waals surface area contributed by atoms with Crippen LogP contribution in [0.4, 0.5) is 0 Å². The molecular formula is C35H48O. The fraction of sp³-hybridized carbons (Fsp3) is 0.543. The van der Waals surface area contributed by atoms with Gasteiger partial charge in [-0.3, -0.25) is 0 Å². The molecule has 0 N–H and O–H groups in total. The molecule has 0 spiro atoms. The molecule has 0 aliphatic carbocycles. The van der Waals surface area contributed by atoms with Gasteiger partial charge >= 0.3 is 0 Å². The Labute approximate surface area is 220 Å². The van der Waals surface area contributed by atoms with Gasteiger partial charge in [0.25, 0.3) is 0 Å². The summed E-state index contributed by atoms with van der Waals surface area (Å²) in [5.41, 5.74) is 1.32. The maximum Gasteiger partial charge on any atom is 0.0722 e. The fourth-order valence-electron chi connectivity index (χ4n) is 5.86. The van der Waals surface area contributed by atoms with Crippen molar-refractivity contribution in [3.63, 3.8) is 0 Å². The summed E-state index contributed by atoms with van der Waals surface area (Å²) in [5, 5.41) is 8.13. The summed E-state index contributed by atoms with van der Waals surface area (Å²) in [6.07, 6.45) is 22.5. The lowest BCUT2D eigenvalue weighted by Gasteiger charge is -2.14. The molecule has 0 aliphatic heterocycles. The van der Waals surface area contributed by atoms with Crippen LogP contribution in [0.5, 0.6) is 0 Å². The number of hydrogen-bond acceptors (Lipinski definition) is 1. The highest BCUT2D eigenvalue weighted by Crippen LogP contribution is 2.36. The first kappa shape index (κ1) is 26.9. The van der Waals surface area contributed by atoms with E-state index in [1.807, 2.05) is 0 Å². The van der Waals surface area contributed by atoms with Crippen LogP contribution in [-0.4, -0.2) is 6.61 Å². The van der Waals surface area contributed by atoms with Crippen LogP contribution in [0.3, 0.4) is 0 Å². The van der Waals surface area contributed by atoms with Gasteiger partial charge in [-0.25, -0.2) is 0 Å². The summed E-state index contributed by atoms with van der Waals surface area (Å²) in [5.74, 6) is 0. The highest BCUT2D eigenvalue weighted by Gasteiger charge is 2.10. The Morgan fingerprint density at radius 2 is 0.944 bits per heavy atom. The standard InChI is InChI=1S/C35H48O/c1-2-3-4-5-6-7-8-9-10-11-12-13-14-15-16-17-27-36-28-32-24-23-31-22-21-29-19-18-20-30-25-26-33(32)35(31)34(29)30/h18-26H,2-17,27-28H2,1H3. The third-order valence-corrected chi connectivity index (χ3v) is 8.02. The van der Waals surface area contributed by atoms with Gasteiger partial charge in [-0.05, 0) is 44.3 Å². The van der Waals surface area contributed by atoms with E-state index in [2.05, 4.69) is 61.5 Å². The van der Waals surface area contributed by atoms with Gasteiger partial charge in [0.15, 0.2) is 0 Å². The summed E-state index contributed by atoms with van der Waals surface area (Å²) in [4.78, 5) is 0. The predicted molar refractivity (Wildman–Crippen MR) is 159 cm³/mol. The SMILES string of the molecule is CCCCCCCCCCCCCCCCCCOCc1ccc2ccc3cccc4ccc1c2c34. The minimum Gasteiger partial charge on any atom is -0.377 e. The Kier molecular flexibility index (Phi) is 11.4. The summed E-state index contributed by atoms with van der Waals surface area (Å²) in [6.45, 7) is 3.89. The molecule has 0 atom stereocenters. The number of rotatable bonds is 19. The number of hydrogen-bond donors (Lipinski definition) is 0. The highest BCUT2D eigenvalue weighted by molar-refractivity contribution is 6.23. The Bertz CT molecular complexity index is 1130. The monoisotopic (exact) mass is 484 g/mol. The Hall–Kier alpha value is -2.12. The molecule has 36 heavy (non-hydrogen) atoms. The third kappa shape index (κ3) is 7.69. The lowest BCUT2D eigenvalue weighted by atomic mass is 9.92. The van der Waals surface area contributed by atoms with Crippen LogP contribution in [0.25, 0.3) is 32.3 Å². The average Bonchev–Trinajstić information content (AvgIpc) is 2.91. The lowest BCUT2D eigenvalue weighted by molar-refractivity contribution is 0.117. The second-order valence-corrected chi connectivity index (χ2v) is 10.9. The van der Waals surface area contributed by atoms with Crippen molar-refractivity contribution in [3.05, 3.63) is 60.2 Å². The molecule has 0 heterocycles. The van der Waals surface area contributed by atoms with Crippen molar-refractivity contribution in [1.82, 2.24) is 0 Å². The van der Waals surface area contributed by atoms with Crippen LogP contribution < -0.4 is 0 Å². The van der Waals surface area contributed by atoms with Gasteiger partial charge in [-0.15, -0.1) is 0 Å². The fourth-order valence-corrected chi connectivity index (χ4v) is 5.86. The zero-order valence-corrected chi connectivity index (χ0v) is 22.8. The van der Waals surface area contributed by atoms with E-state index in [1.165, 1.54) is 141 Å². The first-order valence-corrected chi connectivity index (χ1v) is 15.1. The van der Waals surface area contributed by atoms with E-state index >= 15 is 0 Å². The number of unbranched alkanes of at least 4 members (excludes halogenated alkanes) is 15. The molecule has 0 fully saturated rings. The Morgan fingerprint density at radius 1 is 0.472 bits per heavy atom. The summed E-state index contributed by atoms with van der Waals surface area (Å²) < 4.78 is 6.13. The van der Waals surface area contributed by atoms with Crippen LogP contribution in [0.15, 0.2) is 54.6 Å². The molecular weight excluding hydrogens is 436 g/mol. The molecule has 1 nitrogen and oxygen atoms in total. The van der Waals surface area contributed by atoms with Gasteiger partial charge < -0.3 is 4.74 Å². The first-order chi connectivity index (χ1) is 17.9. The minimum atomic E-state index is 0.715. The van der Waals surface area contributed by atoms with E-state index in [0.717, 1.165) is 6.61 Å². The van der Waals surface area contributed by atoms with Crippen molar-refractivity contribution in [2.24, 2.45) is 0 Å². The molecule has 0 radical (unpaired) electrons. The smallest absolute Gasteiger partial charge is 0.0722 e. The molecule has 4 rings (SSSR count). The normalized spacial score (nSPS) is 11.9.